The van der Waals surface area contributed by atoms with Crippen LogP contribution in [0.4, 0.5) is 17.1 Å². The number of hydrogen-bond acceptors (Lipinski definition) is 1. The Balaban J connectivity index is 1.28. The fraction of sp³-hybridized carbons (Fsp3) is 0.294. The Hall–Kier alpha value is -6.44. The van der Waals surface area contributed by atoms with E-state index in [1.54, 1.807) is 0 Å². The van der Waals surface area contributed by atoms with Crippen LogP contribution < -0.4 is 4.90 Å². The van der Waals surface area contributed by atoms with Gasteiger partial charge in [-0.05, 0) is 147 Å². The predicted molar refractivity (Wildman–Crippen MR) is 295 cm³/mol. The van der Waals surface area contributed by atoms with E-state index in [0.717, 1.165) is 17.1 Å². The minimum atomic E-state index is -0.584. The molecule has 3 aliphatic rings. The van der Waals surface area contributed by atoms with Crippen LogP contribution in [0.1, 0.15) is 153 Å². The van der Waals surface area contributed by atoms with E-state index in [1.807, 2.05) is 0 Å². The molecule has 0 saturated heterocycles. The lowest BCUT2D eigenvalue weighted by Gasteiger charge is -2.38. The van der Waals surface area contributed by atoms with Gasteiger partial charge in [-0.25, -0.2) is 0 Å². The average molecular weight is 900 g/mol. The molecule has 69 heavy (non-hydrogen) atoms. The standard InChI is InChI=1S/C68H69N/c1-63(2,3)43-28-32-51-52-33-29-44(64(4,5)6)38-58(52)68(57(51)37-43)59-41-47(31-35-53(59)54-36-45(65(7,8)9)39-60(62(54)68)66(10,11)12)69(61-27-21-19-24-48(61)42-22-16-15-17-23-42)46-30-34-50-49-25-18-20-26-55(49)67(13,14)56(50)40-46/h15-41H,1-14H3. The first-order valence-electron chi connectivity index (χ1n) is 25.3. The molecule has 0 aromatic heterocycles. The third-order valence-electron chi connectivity index (χ3n) is 16.1. The summed E-state index contributed by atoms with van der Waals surface area (Å²) in [5.74, 6) is 0. The summed E-state index contributed by atoms with van der Waals surface area (Å²) in [6, 6.07) is 63.8. The van der Waals surface area contributed by atoms with Crippen molar-refractivity contribution in [1.82, 2.24) is 0 Å². The smallest absolute Gasteiger partial charge is 0.0729 e. The molecule has 1 nitrogen and oxygen atoms in total. The van der Waals surface area contributed by atoms with Gasteiger partial charge in [0.1, 0.15) is 0 Å². The molecule has 0 atom stereocenters. The number of rotatable bonds is 4. The van der Waals surface area contributed by atoms with Crippen LogP contribution in [-0.2, 0) is 32.5 Å². The molecule has 0 N–H and O–H groups in total. The van der Waals surface area contributed by atoms with Gasteiger partial charge in [0.05, 0.1) is 11.1 Å². The van der Waals surface area contributed by atoms with E-state index in [0.29, 0.717) is 0 Å². The second-order valence-corrected chi connectivity index (χ2v) is 25.1. The van der Waals surface area contributed by atoms with Crippen LogP contribution in [0.25, 0.3) is 44.5 Å². The first-order valence-corrected chi connectivity index (χ1v) is 25.3. The minimum Gasteiger partial charge on any atom is -0.310 e. The van der Waals surface area contributed by atoms with Crippen LogP contribution in [0.2, 0.25) is 0 Å². The van der Waals surface area contributed by atoms with Crippen molar-refractivity contribution >= 4 is 17.1 Å². The lowest BCUT2D eigenvalue weighted by molar-refractivity contribution is 0.556. The lowest BCUT2D eigenvalue weighted by atomic mass is 9.64. The van der Waals surface area contributed by atoms with E-state index in [-0.39, 0.29) is 27.1 Å². The second-order valence-electron chi connectivity index (χ2n) is 25.1. The Morgan fingerprint density at radius 2 is 0.783 bits per heavy atom. The Labute approximate surface area is 413 Å². The highest BCUT2D eigenvalue weighted by Crippen LogP contribution is 2.66. The molecule has 346 valence electrons. The number of para-hydroxylation sites is 1. The van der Waals surface area contributed by atoms with E-state index < -0.39 is 5.41 Å². The Kier molecular flexibility index (Phi) is 9.81. The molecule has 0 aliphatic heterocycles. The summed E-state index contributed by atoms with van der Waals surface area (Å²) in [7, 11) is 0. The predicted octanol–water partition coefficient (Wildman–Crippen LogP) is 18.7. The number of anilines is 3. The highest BCUT2D eigenvalue weighted by atomic mass is 15.1. The topological polar surface area (TPSA) is 3.24 Å². The van der Waals surface area contributed by atoms with Gasteiger partial charge in [-0.2, -0.15) is 0 Å². The number of hydrogen-bond donors (Lipinski definition) is 0. The van der Waals surface area contributed by atoms with Crippen molar-refractivity contribution < 1.29 is 0 Å². The van der Waals surface area contributed by atoms with Gasteiger partial charge >= 0.3 is 0 Å². The van der Waals surface area contributed by atoms with Crippen LogP contribution in [-0.4, -0.2) is 0 Å². The first kappa shape index (κ1) is 45.0. The van der Waals surface area contributed by atoms with Gasteiger partial charge in [-0.15, -0.1) is 0 Å². The van der Waals surface area contributed by atoms with E-state index in [9.17, 15) is 0 Å². The van der Waals surface area contributed by atoms with Crippen LogP contribution in [0.15, 0.2) is 164 Å². The monoisotopic (exact) mass is 900 g/mol. The molecule has 0 unspecified atom stereocenters. The zero-order chi connectivity index (χ0) is 48.8. The van der Waals surface area contributed by atoms with Crippen molar-refractivity contribution in [3.05, 3.63) is 219 Å². The summed E-state index contributed by atoms with van der Waals surface area (Å²) in [5, 5.41) is 0. The minimum absolute atomic E-state index is 0.0461. The summed E-state index contributed by atoms with van der Waals surface area (Å²) < 4.78 is 0. The third kappa shape index (κ3) is 6.77. The van der Waals surface area contributed by atoms with Crippen molar-refractivity contribution in [2.45, 2.75) is 129 Å². The van der Waals surface area contributed by atoms with Crippen LogP contribution in [0.5, 0.6) is 0 Å². The third-order valence-corrected chi connectivity index (χ3v) is 16.1. The molecule has 0 heterocycles. The number of benzene rings is 8. The molecule has 0 radical (unpaired) electrons. The highest BCUT2D eigenvalue weighted by molar-refractivity contribution is 5.99. The summed E-state index contributed by atoms with van der Waals surface area (Å²) in [5.41, 5.74) is 26.8. The Morgan fingerprint density at radius 1 is 0.333 bits per heavy atom. The fourth-order valence-electron chi connectivity index (χ4n) is 12.2. The van der Waals surface area contributed by atoms with Gasteiger partial charge in [-0.3, -0.25) is 0 Å². The van der Waals surface area contributed by atoms with E-state index in [1.165, 1.54) is 100 Å². The van der Waals surface area contributed by atoms with Crippen molar-refractivity contribution in [1.29, 1.82) is 0 Å². The van der Waals surface area contributed by atoms with Crippen molar-refractivity contribution in [2.75, 3.05) is 4.90 Å². The molecular formula is C68H69N. The van der Waals surface area contributed by atoms with Gasteiger partial charge in [0.2, 0.25) is 0 Å². The molecule has 1 spiro atoms. The molecule has 3 aliphatic carbocycles. The molecular weight excluding hydrogens is 831 g/mol. The zero-order valence-corrected chi connectivity index (χ0v) is 43.5. The summed E-state index contributed by atoms with van der Waals surface area (Å²) in [6.45, 7) is 33.4. The maximum absolute atomic E-state index is 2.61. The Morgan fingerprint density at radius 3 is 1.35 bits per heavy atom. The van der Waals surface area contributed by atoms with Crippen LogP contribution in [0, 0.1) is 0 Å². The first-order chi connectivity index (χ1) is 32.5. The van der Waals surface area contributed by atoms with E-state index in [2.05, 4.69) is 266 Å². The average Bonchev–Trinajstić information content (AvgIpc) is 3.85. The van der Waals surface area contributed by atoms with Crippen molar-refractivity contribution in [3.8, 4) is 44.5 Å². The highest BCUT2D eigenvalue weighted by Gasteiger charge is 2.55. The molecule has 8 aromatic carbocycles. The van der Waals surface area contributed by atoms with E-state index in [4.69, 9.17) is 0 Å². The van der Waals surface area contributed by atoms with Crippen LogP contribution >= 0.6 is 0 Å². The molecule has 0 fully saturated rings. The summed E-state index contributed by atoms with van der Waals surface area (Å²) >= 11 is 0. The maximum atomic E-state index is 2.61. The molecule has 0 bridgehead atoms. The molecule has 8 aromatic rings. The summed E-state index contributed by atoms with van der Waals surface area (Å²) in [6.07, 6.45) is 0. The number of fused-ring (bicyclic) bond motifs is 13. The normalized spacial score (nSPS) is 15.0. The Bertz CT molecular complexity index is 3320. The fourth-order valence-corrected chi connectivity index (χ4v) is 12.2. The lowest BCUT2D eigenvalue weighted by Crippen LogP contribution is -2.31. The largest absolute Gasteiger partial charge is 0.310 e. The zero-order valence-electron chi connectivity index (χ0n) is 43.5. The van der Waals surface area contributed by atoms with Gasteiger partial charge in [-0.1, -0.05) is 230 Å². The molecule has 1 heteroatoms. The quantitative estimate of drug-likeness (QED) is 0.170. The van der Waals surface area contributed by atoms with Gasteiger partial charge in [0.25, 0.3) is 0 Å². The molecule has 0 saturated carbocycles. The van der Waals surface area contributed by atoms with Crippen molar-refractivity contribution in [3.63, 3.8) is 0 Å². The molecule has 11 rings (SSSR count). The molecule has 0 amide bonds. The SMILES string of the molecule is CC(C)(C)c1cc2c(c(C(C)(C)C)c1)C1(c3cc(C(C)(C)C)ccc3-c3ccc(C(C)(C)C)cc31)c1cc(N(c3ccc4c(c3)C(C)(C)c3ccccc3-4)c3ccccc3-c3ccccc3)ccc1-2. The van der Waals surface area contributed by atoms with Crippen LogP contribution in [0.3, 0.4) is 0 Å². The van der Waals surface area contributed by atoms with Gasteiger partial charge in [0.15, 0.2) is 0 Å². The van der Waals surface area contributed by atoms with E-state index >= 15 is 0 Å². The van der Waals surface area contributed by atoms with Gasteiger partial charge in [0, 0.05) is 22.4 Å². The van der Waals surface area contributed by atoms with Crippen molar-refractivity contribution in [2.24, 2.45) is 0 Å². The van der Waals surface area contributed by atoms with Gasteiger partial charge < -0.3 is 4.90 Å². The maximum Gasteiger partial charge on any atom is 0.0729 e. The summed E-state index contributed by atoms with van der Waals surface area (Å²) in [4.78, 5) is 2.57. The number of nitrogens with zero attached hydrogens (tertiary/aromatic N) is 1. The second kappa shape index (κ2) is 15.0.